The summed E-state index contributed by atoms with van der Waals surface area (Å²) in [6, 6.07) is 11.1. The Balaban J connectivity index is 1.46. The zero-order valence-corrected chi connectivity index (χ0v) is 16.3. The van der Waals surface area contributed by atoms with Gasteiger partial charge in [-0.2, -0.15) is 9.40 Å². The van der Waals surface area contributed by atoms with E-state index >= 15 is 0 Å². The van der Waals surface area contributed by atoms with E-state index in [-0.39, 0.29) is 16.0 Å². The molecule has 1 aliphatic rings. The van der Waals surface area contributed by atoms with Crippen LogP contribution in [0, 0.1) is 5.82 Å². The Morgan fingerprint density at radius 2 is 1.89 bits per heavy atom. The van der Waals surface area contributed by atoms with Crippen LogP contribution in [0.25, 0.3) is 10.8 Å². The van der Waals surface area contributed by atoms with Gasteiger partial charge in [-0.05, 0) is 37.1 Å². The van der Waals surface area contributed by atoms with E-state index in [0.29, 0.717) is 31.8 Å². The number of sulfonamides is 1. The van der Waals surface area contributed by atoms with Crippen molar-refractivity contribution >= 4 is 32.4 Å². The lowest BCUT2D eigenvalue weighted by molar-refractivity contribution is 0.130. The summed E-state index contributed by atoms with van der Waals surface area (Å²) in [6.45, 7) is 0.584. The molecule has 0 amide bonds. The number of benzene rings is 2. The van der Waals surface area contributed by atoms with Crippen LogP contribution < -0.4 is 4.74 Å². The smallest absolute Gasteiger partial charge is 0.243 e. The van der Waals surface area contributed by atoms with Crippen molar-refractivity contribution in [2.45, 2.75) is 23.8 Å². The third kappa shape index (κ3) is 3.67. The van der Waals surface area contributed by atoms with E-state index in [1.807, 2.05) is 24.3 Å². The number of piperidine rings is 1. The summed E-state index contributed by atoms with van der Waals surface area (Å²) in [7, 11) is -3.73. The minimum absolute atomic E-state index is 0.0156. The van der Waals surface area contributed by atoms with Gasteiger partial charge in [-0.25, -0.2) is 12.8 Å². The maximum absolute atomic E-state index is 13.3. The third-order valence-corrected chi connectivity index (χ3v) is 6.93. The predicted octanol–water partition coefficient (Wildman–Crippen LogP) is 3.65. The lowest BCUT2D eigenvalue weighted by Crippen LogP contribution is -2.41. The highest BCUT2D eigenvalue weighted by molar-refractivity contribution is 7.89. The molecule has 0 radical (unpaired) electrons. The van der Waals surface area contributed by atoms with Crippen LogP contribution in [-0.4, -0.2) is 42.1 Å². The van der Waals surface area contributed by atoms with Gasteiger partial charge in [0.05, 0.1) is 16.1 Å². The molecule has 0 N–H and O–H groups in total. The predicted molar refractivity (Wildman–Crippen MR) is 103 cm³/mol. The van der Waals surface area contributed by atoms with Crippen LogP contribution in [0.1, 0.15) is 12.8 Å². The molecule has 0 unspecified atom stereocenters. The summed E-state index contributed by atoms with van der Waals surface area (Å²) in [5, 5.41) is 9.63. The summed E-state index contributed by atoms with van der Waals surface area (Å²) in [5.74, 6) is -0.200. The van der Waals surface area contributed by atoms with Gasteiger partial charge in [-0.1, -0.05) is 29.8 Å². The van der Waals surface area contributed by atoms with Gasteiger partial charge < -0.3 is 4.74 Å². The number of ether oxygens (including phenoxy) is 1. The summed E-state index contributed by atoms with van der Waals surface area (Å²) in [4.78, 5) is -0.0156. The maximum Gasteiger partial charge on any atom is 0.243 e. The fourth-order valence-electron chi connectivity index (χ4n) is 3.22. The van der Waals surface area contributed by atoms with Gasteiger partial charge in [0.25, 0.3) is 0 Å². The van der Waals surface area contributed by atoms with Crippen molar-refractivity contribution in [3.05, 3.63) is 59.5 Å². The third-order valence-electron chi connectivity index (χ3n) is 4.74. The number of rotatable bonds is 4. The van der Waals surface area contributed by atoms with Gasteiger partial charge >= 0.3 is 0 Å². The molecule has 2 aromatic carbocycles. The molecule has 6 nitrogen and oxygen atoms in total. The fraction of sp³-hybridized carbons (Fsp3) is 0.263. The zero-order valence-electron chi connectivity index (χ0n) is 14.8. The molecule has 0 bridgehead atoms. The molecular weight excluding hydrogens is 405 g/mol. The molecule has 0 aliphatic carbocycles. The van der Waals surface area contributed by atoms with Gasteiger partial charge in [0.15, 0.2) is 0 Å². The Morgan fingerprint density at radius 1 is 1.14 bits per heavy atom. The molecule has 1 fully saturated rings. The van der Waals surface area contributed by atoms with Crippen molar-refractivity contribution in [2.75, 3.05) is 13.1 Å². The Labute approximate surface area is 166 Å². The number of nitrogens with zero attached hydrogens (tertiary/aromatic N) is 3. The minimum atomic E-state index is -3.73. The molecule has 0 spiro atoms. The van der Waals surface area contributed by atoms with Gasteiger partial charge in [0.2, 0.25) is 15.9 Å². The SMILES string of the molecule is O=S(=O)(c1ccc(F)c(Cl)c1)N1CCC(Oc2nncc3ccccc23)CC1. The molecule has 9 heteroatoms. The lowest BCUT2D eigenvalue weighted by atomic mass is 10.1. The molecule has 3 aromatic rings. The largest absolute Gasteiger partial charge is 0.473 e. The Kier molecular flexibility index (Phi) is 5.18. The van der Waals surface area contributed by atoms with Gasteiger partial charge in [0.1, 0.15) is 11.9 Å². The number of aromatic nitrogens is 2. The van der Waals surface area contributed by atoms with Crippen LogP contribution >= 0.6 is 11.6 Å². The van der Waals surface area contributed by atoms with Crippen LogP contribution in [0.3, 0.4) is 0 Å². The molecule has 4 rings (SSSR count). The number of hydrogen-bond donors (Lipinski definition) is 0. The second kappa shape index (κ2) is 7.62. The van der Waals surface area contributed by atoms with E-state index in [4.69, 9.17) is 16.3 Å². The molecule has 2 heterocycles. The average Bonchev–Trinajstić information content (AvgIpc) is 2.71. The first-order chi connectivity index (χ1) is 13.4. The van der Waals surface area contributed by atoms with E-state index in [0.717, 1.165) is 22.9 Å². The van der Waals surface area contributed by atoms with E-state index < -0.39 is 15.8 Å². The molecule has 28 heavy (non-hydrogen) atoms. The first-order valence-corrected chi connectivity index (χ1v) is 10.6. The van der Waals surface area contributed by atoms with E-state index in [9.17, 15) is 12.8 Å². The first-order valence-electron chi connectivity index (χ1n) is 8.77. The molecular formula is C19H17ClFN3O3S. The highest BCUT2D eigenvalue weighted by Gasteiger charge is 2.31. The maximum atomic E-state index is 13.3. The average molecular weight is 422 g/mol. The van der Waals surface area contributed by atoms with E-state index in [2.05, 4.69) is 10.2 Å². The summed E-state index contributed by atoms with van der Waals surface area (Å²) >= 11 is 5.73. The molecule has 0 atom stereocenters. The number of halogens is 2. The van der Waals surface area contributed by atoms with Gasteiger partial charge in [-0.3, -0.25) is 0 Å². The molecule has 146 valence electrons. The summed E-state index contributed by atoms with van der Waals surface area (Å²) in [6.07, 6.45) is 2.53. The fourth-order valence-corrected chi connectivity index (χ4v) is 4.97. The summed E-state index contributed by atoms with van der Waals surface area (Å²) < 4.78 is 46.2. The summed E-state index contributed by atoms with van der Waals surface area (Å²) in [5.41, 5.74) is 0. The van der Waals surface area contributed by atoms with Crippen LogP contribution in [0.4, 0.5) is 4.39 Å². The molecule has 1 saturated heterocycles. The van der Waals surface area contributed by atoms with Crippen LogP contribution in [0.2, 0.25) is 5.02 Å². The standard InChI is InChI=1S/C19H17ClFN3O3S/c20-17-11-15(5-6-18(17)21)28(25,26)24-9-7-14(8-10-24)27-19-16-4-2-1-3-13(16)12-22-23-19/h1-6,11-12,14H,7-10H2. The number of fused-ring (bicyclic) bond motifs is 1. The Morgan fingerprint density at radius 3 is 2.64 bits per heavy atom. The van der Waals surface area contributed by atoms with Crippen molar-refractivity contribution in [3.63, 3.8) is 0 Å². The highest BCUT2D eigenvalue weighted by atomic mass is 35.5. The second-order valence-corrected chi connectivity index (χ2v) is 8.88. The van der Waals surface area contributed by atoms with Gasteiger partial charge in [-0.15, -0.1) is 5.10 Å². The molecule has 1 aromatic heterocycles. The Hall–Kier alpha value is -2.29. The highest BCUT2D eigenvalue weighted by Crippen LogP contribution is 2.28. The topological polar surface area (TPSA) is 72.4 Å². The first kappa shape index (κ1) is 19.0. The monoisotopic (exact) mass is 421 g/mol. The van der Waals surface area contributed by atoms with Crippen LogP contribution in [-0.2, 0) is 10.0 Å². The normalized spacial score (nSPS) is 16.4. The van der Waals surface area contributed by atoms with Crippen molar-refractivity contribution in [2.24, 2.45) is 0 Å². The Bertz CT molecular complexity index is 1110. The molecule has 0 saturated carbocycles. The second-order valence-electron chi connectivity index (χ2n) is 6.53. The van der Waals surface area contributed by atoms with Crippen LogP contribution in [0.5, 0.6) is 5.88 Å². The van der Waals surface area contributed by atoms with Crippen molar-refractivity contribution in [3.8, 4) is 5.88 Å². The molecule has 1 aliphatic heterocycles. The zero-order chi connectivity index (χ0) is 19.7. The minimum Gasteiger partial charge on any atom is -0.473 e. The van der Waals surface area contributed by atoms with Gasteiger partial charge in [0, 0.05) is 23.9 Å². The van der Waals surface area contributed by atoms with Crippen LogP contribution in [0.15, 0.2) is 53.6 Å². The van der Waals surface area contributed by atoms with Crippen molar-refractivity contribution in [1.29, 1.82) is 0 Å². The quantitative estimate of drug-likeness (QED) is 0.643. The van der Waals surface area contributed by atoms with E-state index in [1.165, 1.54) is 10.4 Å². The lowest BCUT2D eigenvalue weighted by Gasteiger charge is -2.31. The van der Waals surface area contributed by atoms with Crippen molar-refractivity contribution in [1.82, 2.24) is 14.5 Å². The van der Waals surface area contributed by atoms with Crippen molar-refractivity contribution < 1.29 is 17.5 Å². The van der Waals surface area contributed by atoms with E-state index in [1.54, 1.807) is 6.20 Å². The number of hydrogen-bond acceptors (Lipinski definition) is 5.